The summed E-state index contributed by atoms with van der Waals surface area (Å²) in [5.74, 6) is 0.556. The minimum atomic E-state index is -0.137. The van der Waals surface area contributed by atoms with Crippen molar-refractivity contribution in [2.45, 2.75) is 20.8 Å². The molecule has 0 aliphatic carbocycles. The lowest BCUT2D eigenvalue weighted by atomic mass is 10.1. The molecule has 0 saturated heterocycles. The molecule has 154 valence electrons. The van der Waals surface area contributed by atoms with Crippen molar-refractivity contribution >= 4 is 23.1 Å². The zero-order valence-corrected chi connectivity index (χ0v) is 17.8. The third kappa shape index (κ3) is 4.95. The molecule has 0 spiro atoms. The highest BCUT2D eigenvalue weighted by molar-refractivity contribution is 6.04. The van der Waals surface area contributed by atoms with E-state index in [1.165, 1.54) is 11.1 Å². The van der Waals surface area contributed by atoms with Crippen LogP contribution < -0.4 is 10.6 Å². The topological polar surface area (TPSA) is 66.9 Å². The van der Waals surface area contributed by atoms with Crippen LogP contribution in [0.25, 0.3) is 11.3 Å². The van der Waals surface area contributed by atoms with Gasteiger partial charge in [-0.05, 0) is 56.7 Å². The van der Waals surface area contributed by atoms with Crippen molar-refractivity contribution in [1.29, 1.82) is 0 Å². The van der Waals surface area contributed by atoms with Crippen LogP contribution >= 0.6 is 0 Å². The number of nitrogens with one attached hydrogen (secondary N) is 2. The highest BCUT2D eigenvalue weighted by atomic mass is 16.1. The number of carbonyl (C=O) groups is 1. The minimum Gasteiger partial charge on any atom is -0.340 e. The van der Waals surface area contributed by atoms with Crippen LogP contribution in [0.4, 0.5) is 17.2 Å². The summed E-state index contributed by atoms with van der Waals surface area (Å²) in [6, 6.07) is 23.4. The number of aromatic nitrogens is 2. The SMILES string of the molecule is Cc1ccc(-c2cc(Nc3ccc(C(=O)Nc4ccc(C)cc4C)cc3)ncn2)cc1. The molecule has 1 heterocycles. The van der Waals surface area contributed by atoms with Gasteiger partial charge in [-0.3, -0.25) is 4.79 Å². The Hall–Kier alpha value is -3.99. The van der Waals surface area contributed by atoms with Gasteiger partial charge in [0.05, 0.1) is 5.69 Å². The lowest BCUT2D eigenvalue weighted by molar-refractivity contribution is 0.102. The first-order valence-corrected chi connectivity index (χ1v) is 10.1. The number of aryl methyl sites for hydroxylation is 3. The van der Waals surface area contributed by atoms with E-state index in [0.717, 1.165) is 28.2 Å². The number of rotatable bonds is 5. The molecule has 1 amide bonds. The van der Waals surface area contributed by atoms with Crippen LogP contribution in [0.3, 0.4) is 0 Å². The molecule has 0 fully saturated rings. The second-order valence-electron chi connectivity index (χ2n) is 7.63. The van der Waals surface area contributed by atoms with E-state index >= 15 is 0 Å². The van der Waals surface area contributed by atoms with Gasteiger partial charge in [-0.1, -0.05) is 47.5 Å². The van der Waals surface area contributed by atoms with Crippen molar-refractivity contribution in [1.82, 2.24) is 9.97 Å². The Balaban J connectivity index is 1.45. The first kappa shape index (κ1) is 20.3. The zero-order valence-electron chi connectivity index (χ0n) is 17.8. The number of benzene rings is 3. The van der Waals surface area contributed by atoms with E-state index in [1.54, 1.807) is 18.5 Å². The summed E-state index contributed by atoms with van der Waals surface area (Å²) in [5.41, 5.74) is 7.56. The third-order valence-corrected chi connectivity index (χ3v) is 5.06. The van der Waals surface area contributed by atoms with Crippen molar-refractivity contribution in [2.75, 3.05) is 10.6 Å². The molecule has 0 bridgehead atoms. The minimum absolute atomic E-state index is 0.137. The van der Waals surface area contributed by atoms with E-state index in [1.807, 2.05) is 56.3 Å². The van der Waals surface area contributed by atoms with Gasteiger partial charge >= 0.3 is 0 Å². The fourth-order valence-electron chi connectivity index (χ4n) is 3.31. The average molecular weight is 409 g/mol. The Bertz CT molecular complexity index is 1220. The molecular weight excluding hydrogens is 384 g/mol. The summed E-state index contributed by atoms with van der Waals surface area (Å²) in [7, 11) is 0. The van der Waals surface area contributed by atoms with Gasteiger partial charge in [-0.15, -0.1) is 0 Å². The lowest BCUT2D eigenvalue weighted by Crippen LogP contribution is -2.12. The third-order valence-electron chi connectivity index (χ3n) is 5.06. The molecule has 4 rings (SSSR count). The number of hydrogen-bond donors (Lipinski definition) is 2. The monoisotopic (exact) mass is 408 g/mol. The number of carbonyl (C=O) groups excluding carboxylic acids is 1. The van der Waals surface area contributed by atoms with Crippen LogP contribution in [0.5, 0.6) is 0 Å². The molecule has 5 heteroatoms. The molecule has 2 N–H and O–H groups in total. The van der Waals surface area contributed by atoms with Crippen molar-refractivity contribution < 1.29 is 4.79 Å². The first-order valence-electron chi connectivity index (χ1n) is 10.1. The molecule has 0 atom stereocenters. The summed E-state index contributed by atoms with van der Waals surface area (Å²) < 4.78 is 0. The Morgan fingerprint density at radius 1 is 0.774 bits per heavy atom. The van der Waals surface area contributed by atoms with Gasteiger partial charge in [0.25, 0.3) is 5.91 Å². The molecule has 0 aliphatic heterocycles. The second kappa shape index (κ2) is 8.79. The fourth-order valence-corrected chi connectivity index (χ4v) is 3.31. The van der Waals surface area contributed by atoms with Crippen molar-refractivity contribution in [3.63, 3.8) is 0 Å². The van der Waals surface area contributed by atoms with Crippen molar-refractivity contribution in [3.8, 4) is 11.3 Å². The van der Waals surface area contributed by atoms with E-state index in [2.05, 4.69) is 45.7 Å². The molecule has 4 aromatic rings. The molecule has 0 radical (unpaired) electrons. The summed E-state index contributed by atoms with van der Waals surface area (Å²) >= 11 is 0. The number of hydrogen-bond acceptors (Lipinski definition) is 4. The van der Waals surface area contributed by atoms with Crippen LogP contribution in [0, 0.1) is 20.8 Å². The molecular formula is C26H24N4O. The summed E-state index contributed by atoms with van der Waals surface area (Å²) in [6.45, 7) is 6.08. The van der Waals surface area contributed by atoms with Gasteiger partial charge in [0.1, 0.15) is 12.1 Å². The summed E-state index contributed by atoms with van der Waals surface area (Å²) in [4.78, 5) is 21.3. The quantitative estimate of drug-likeness (QED) is 0.421. The van der Waals surface area contributed by atoms with E-state index in [9.17, 15) is 4.79 Å². The van der Waals surface area contributed by atoms with Gasteiger partial charge in [0, 0.05) is 28.6 Å². The average Bonchev–Trinajstić information content (AvgIpc) is 2.77. The largest absolute Gasteiger partial charge is 0.340 e. The smallest absolute Gasteiger partial charge is 0.255 e. The summed E-state index contributed by atoms with van der Waals surface area (Å²) in [5, 5.41) is 6.25. The maximum absolute atomic E-state index is 12.6. The zero-order chi connectivity index (χ0) is 21.8. The Kier molecular flexibility index (Phi) is 5.76. The number of nitrogens with zero attached hydrogens (tertiary/aromatic N) is 2. The van der Waals surface area contributed by atoms with Crippen molar-refractivity contribution in [2.24, 2.45) is 0 Å². The molecule has 5 nitrogen and oxygen atoms in total. The Morgan fingerprint density at radius 3 is 2.19 bits per heavy atom. The molecule has 0 saturated carbocycles. The Labute approximate surface area is 182 Å². The van der Waals surface area contributed by atoms with E-state index in [4.69, 9.17) is 0 Å². The maximum atomic E-state index is 12.6. The predicted molar refractivity (Wildman–Crippen MR) is 126 cm³/mol. The fraction of sp³-hybridized carbons (Fsp3) is 0.115. The number of amides is 1. The van der Waals surface area contributed by atoms with E-state index in [-0.39, 0.29) is 5.91 Å². The second-order valence-corrected chi connectivity index (χ2v) is 7.63. The highest BCUT2D eigenvalue weighted by Crippen LogP contribution is 2.22. The van der Waals surface area contributed by atoms with Gasteiger partial charge < -0.3 is 10.6 Å². The van der Waals surface area contributed by atoms with Crippen LogP contribution in [-0.2, 0) is 0 Å². The molecule has 1 aromatic heterocycles. The Morgan fingerprint density at radius 2 is 1.48 bits per heavy atom. The van der Waals surface area contributed by atoms with Crippen molar-refractivity contribution in [3.05, 3.63) is 101 Å². The summed E-state index contributed by atoms with van der Waals surface area (Å²) in [6.07, 6.45) is 1.54. The molecule has 3 aromatic carbocycles. The van der Waals surface area contributed by atoms with Crippen LogP contribution in [0.1, 0.15) is 27.0 Å². The lowest BCUT2D eigenvalue weighted by Gasteiger charge is -2.10. The van der Waals surface area contributed by atoms with Crippen LogP contribution in [0.2, 0.25) is 0 Å². The van der Waals surface area contributed by atoms with E-state index in [0.29, 0.717) is 11.4 Å². The highest BCUT2D eigenvalue weighted by Gasteiger charge is 2.08. The van der Waals surface area contributed by atoms with Gasteiger partial charge in [0.2, 0.25) is 0 Å². The van der Waals surface area contributed by atoms with Gasteiger partial charge in [0.15, 0.2) is 0 Å². The first-order chi connectivity index (χ1) is 15.0. The predicted octanol–water partition coefficient (Wildman–Crippen LogP) is 6.06. The standard InChI is InChI=1S/C26H24N4O/c1-17-4-7-20(8-5-17)24-15-25(28-16-27-24)29-22-11-9-21(10-12-22)26(31)30-23-13-6-18(2)14-19(23)3/h4-16H,1-3H3,(H,30,31)(H,27,28,29). The number of anilines is 3. The van der Waals surface area contributed by atoms with Crippen LogP contribution in [0.15, 0.2) is 79.1 Å². The van der Waals surface area contributed by atoms with Gasteiger partial charge in [-0.2, -0.15) is 0 Å². The normalized spacial score (nSPS) is 10.5. The maximum Gasteiger partial charge on any atom is 0.255 e. The molecule has 31 heavy (non-hydrogen) atoms. The van der Waals surface area contributed by atoms with Gasteiger partial charge in [-0.25, -0.2) is 9.97 Å². The van der Waals surface area contributed by atoms with E-state index < -0.39 is 0 Å². The molecule has 0 aliphatic rings. The molecule has 0 unspecified atom stereocenters. The van der Waals surface area contributed by atoms with Crippen LogP contribution in [-0.4, -0.2) is 15.9 Å².